The lowest BCUT2D eigenvalue weighted by Gasteiger charge is -2.10. The van der Waals surface area contributed by atoms with Gasteiger partial charge in [0.25, 0.3) is 11.8 Å². The fourth-order valence-electron chi connectivity index (χ4n) is 2.51. The maximum atomic E-state index is 12.8. The summed E-state index contributed by atoms with van der Waals surface area (Å²) in [6.45, 7) is 0. The van der Waals surface area contributed by atoms with Gasteiger partial charge in [0, 0.05) is 26.1 Å². The van der Waals surface area contributed by atoms with Crippen molar-refractivity contribution in [3.63, 3.8) is 0 Å². The molecule has 3 rings (SSSR count). The number of halogens is 4. The maximum Gasteiger partial charge on any atom is 0.416 e. The Hall–Kier alpha value is -2.88. The van der Waals surface area contributed by atoms with Gasteiger partial charge in [0.05, 0.1) is 5.56 Å². The van der Waals surface area contributed by atoms with E-state index in [1.54, 1.807) is 30.3 Å². The Morgan fingerprint density at radius 2 is 1.34 bits per heavy atom. The Kier molecular flexibility index (Phi) is 6.21. The highest BCUT2D eigenvalue weighted by atomic mass is 127. The van der Waals surface area contributed by atoms with Crippen LogP contribution in [-0.4, -0.2) is 11.8 Å². The fraction of sp³-hybridized carbons (Fsp3) is 0.0476. The molecule has 2 N–H and O–H groups in total. The molecule has 0 bridgehead atoms. The first kappa shape index (κ1) is 20.8. The molecule has 0 aromatic heterocycles. The van der Waals surface area contributed by atoms with E-state index in [4.69, 9.17) is 0 Å². The summed E-state index contributed by atoms with van der Waals surface area (Å²) in [6.07, 6.45) is -4.49. The third-order valence-corrected chi connectivity index (χ3v) is 4.61. The predicted octanol–water partition coefficient (Wildman–Crippen LogP) is 5.81. The Balaban J connectivity index is 1.67. The molecular formula is C21H14F3IN2O2. The molecule has 0 radical (unpaired) electrons. The molecule has 3 aromatic carbocycles. The summed E-state index contributed by atoms with van der Waals surface area (Å²) in [4.78, 5) is 24.5. The summed E-state index contributed by atoms with van der Waals surface area (Å²) in [5, 5.41) is 5.16. The molecule has 0 fully saturated rings. The zero-order valence-corrected chi connectivity index (χ0v) is 16.9. The topological polar surface area (TPSA) is 58.2 Å². The van der Waals surface area contributed by atoms with Crippen molar-refractivity contribution < 1.29 is 22.8 Å². The molecule has 0 spiro atoms. The van der Waals surface area contributed by atoms with Gasteiger partial charge in [-0.15, -0.1) is 0 Å². The third-order valence-electron chi connectivity index (χ3n) is 3.94. The van der Waals surface area contributed by atoms with E-state index in [0.717, 1.165) is 15.7 Å². The molecule has 0 unspecified atom stereocenters. The van der Waals surface area contributed by atoms with Crippen LogP contribution in [0.4, 0.5) is 24.5 Å². The molecule has 2 amide bonds. The maximum absolute atomic E-state index is 12.8. The Morgan fingerprint density at radius 3 is 2.00 bits per heavy atom. The molecule has 3 aromatic rings. The van der Waals surface area contributed by atoms with Crippen molar-refractivity contribution in [1.29, 1.82) is 0 Å². The van der Waals surface area contributed by atoms with Crippen molar-refractivity contribution in [1.82, 2.24) is 0 Å². The number of nitrogens with one attached hydrogen (secondary N) is 2. The zero-order valence-electron chi connectivity index (χ0n) is 14.8. The van der Waals surface area contributed by atoms with Crippen LogP contribution in [0.15, 0.2) is 72.8 Å². The molecule has 0 aliphatic carbocycles. The molecule has 148 valence electrons. The minimum Gasteiger partial charge on any atom is -0.322 e. The first-order valence-electron chi connectivity index (χ1n) is 8.38. The number of carbonyl (C=O) groups is 2. The first-order chi connectivity index (χ1) is 13.7. The molecule has 0 atom stereocenters. The smallest absolute Gasteiger partial charge is 0.322 e. The van der Waals surface area contributed by atoms with E-state index in [9.17, 15) is 22.8 Å². The highest BCUT2D eigenvalue weighted by molar-refractivity contribution is 14.1. The number of hydrogen-bond acceptors (Lipinski definition) is 2. The van der Waals surface area contributed by atoms with Crippen LogP contribution in [-0.2, 0) is 6.18 Å². The Bertz CT molecular complexity index is 1050. The minimum absolute atomic E-state index is 0.0425. The van der Waals surface area contributed by atoms with Gasteiger partial charge < -0.3 is 10.6 Å². The normalized spacial score (nSPS) is 11.0. The second kappa shape index (κ2) is 8.64. The van der Waals surface area contributed by atoms with Crippen molar-refractivity contribution in [2.75, 3.05) is 10.6 Å². The third kappa shape index (κ3) is 5.57. The summed E-state index contributed by atoms with van der Waals surface area (Å²) in [5.74, 6) is -0.843. The van der Waals surface area contributed by atoms with Gasteiger partial charge in [-0.25, -0.2) is 0 Å². The molecule has 29 heavy (non-hydrogen) atoms. The summed E-state index contributed by atoms with van der Waals surface area (Å²) in [6, 6.07) is 17.5. The van der Waals surface area contributed by atoms with E-state index < -0.39 is 17.6 Å². The van der Waals surface area contributed by atoms with E-state index in [1.807, 2.05) is 6.07 Å². The SMILES string of the molecule is O=C(Nc1cccc(C(F)(F)F)c1)c1ccc(NC(=O)c2cccc(I)c2)cc1. The summed E-state index contributed by atoms with van der Waals surface area (Å²) >= 11 is 2.11. The van der Waals surface area contributed by atoms with Crippen molar-refractivity contribution in [3.05, 3.63) is 93.1 Å². The van der Waals surface area contributed by atoms with Crippen molar-refractivity contribution in [2.24, 2.45) is 0 Å². The van der Waals surface area contributed by atoms with Gasteiger partial charge in [0.1, 0.15) is 0 Å². The molecule has 0 aliphatic heterocycles. The summed E-state index contributed by atoms with van der Waals surface area (Å²) in [5.41, 5.74) is 0.437. The second-order valence-corrected chi connectivity index (χ2v) is 7.32. The van der Waals surface area contributed by atoms with Crippen LogP contribution in [0, 0.1) is 3.57 Å². The van der Waals surface area contributed by atoms with Gasteiger partial charge in [-0.3, -0.25) is 9.59 Å². The lowest BCUT2D eigenvalue weighted by atomic mass is 10.1. The number of carbonyl (C=O) groups excluding carboxylic acids is 2. The molecule has 0 aliphatic rings. The van der Waals surface area contributed by atoms with Crippen LogP contribution >= 0.6 is 22.6 Å². The van der Waals surface area contributed by atoms with E-state index in [-0.39, 0.29) is 17.2 Å². The lowest BCUT2D eigenvalue weighted by molar-refractivity contribution is -0.137. The van der Waals surface area contributed by atoms with Gasteiger partial charge >= 0.3 is 6.18 Å². The van der Waals surface area contributed by atoms with Gasteiger partial charge in [0.2, 0.25) is 0 Å². The number of rotatable bonds is 4. The average molecular weight is 510 g/mol. The highest BCUT2D eigenvalue weighted by Crippen LogP contribution is 2.30. The second-order valence-electron chi connectivity index (χ2n) is 6.07. The number of amides is 2. The van der Waals surface area contributed by atoms with E-state index >= 15 is 0 Å². The molecule has 0 saturated carbocycles. The monoisotopic (exact) mass is 510 g/mol. The van der Waals surface area contributed by atoms with Crippen molar-refractivity contribution in [3.8, 4) is 0 Å². The van der Waals surface area contributed by atoms with Crippen LogP contribution in [0.25, 0.3) is 0 Å². The Labute approximate surface area is 178 Å². The average Bonchev–Trinajstić information content (AvgIpc) is 2.68. The van der Waals surface area contributed by atoms with Crippen LogP contribution in [0.1, 0.15) is 26.3 Å². The van der Waals surface area contributed by atoms with Crippen molar-refractivity contribution in [2.45, 2.75) is 6.18 Å². The van der Waals surface area contributed by atoms with Crippen LogP contribution in [0.2, 0.25) is 0 Å². The van der Waals surface area contributed by atoms with E-state index in [2.05, 4.69) is 33.2 Å². The summed E-state index contributed by atoms with van der Waals surface area (Å²) in [7, 11) is 0. The fourth-order valence-corrected chi connectivity index (χ4v) is 3.06. The quantitative estimate of drug-likeness (QED) is 0.435. The number of anilines is 2. The molecule has 0 saturated heterocycles. The van der Waals surface area contributed by atoms with E-state index in [0.29, 0.717) is 11.3 Å². The Morgan fingerprint density at radius 1 is 0.724 bits per heavy atom. The lowest BCUT2D eigenvalue weighted by Crippen LogP contribution is -2.14. The molecule has 8 heteroatoms. The minimum atomic E-state index is -4.49. The molecule has 0 heterocycles. The van der Waals surface area contributed by atoms with Gasteiger partial charge in [-0.05, 0) is 83.3 Å². The summed E-state index contributed by atoms with van der Waals surface area (Å²) < 4.78 is 39.2. The van der Waals surface area contributed by atoms with Crippen LogP contribution in [0.5, 0.6) is 0 Å². The van der Waals surface area contributed by atoms with Crippen LogP contribution < -0.4 is 10.6 Å². The molecular weight excluding hydrogens is 496 g/mol. The largest absolute Gasteiger partial charge is 0.416 e. The van der Waals surface area contributed by atoms with Gasteiger partial charge in [0.15, 0.2) is 0 Å². The number of benzene rings is 3. The van der Waals surface area contributed by atoms with Crippen LogP contribution in [0.3, 0.4) is 0 Å². The van der Waals surface area contributed by atoms with Gasteiger partial charge in [-0.1, -0.05) is 12.1 Å². The number of hydrogen-bond donors (Lipinski definition) is 2. The first-order valence-corrected chi connectivity index (χ1v) is 9.46. The number of alkyl halides is 3. The molecule has 4 nitrogen and oxygen atoms in total. The van der Waals surface area contributed by atoms with Crippen molar-refractivity contribution >= 4 is 45.8 Å². The standard InChI is InChI=1S/C21H14F3IN2O2/c22-21(23,24)15-4-2-6-18(12-15)27-19(28)13-7-9-17(10-8-13)26-20(29)14-3-1-5-16(25)11-14/h1-12H,(H,26,29)(H,27,28). The van der Waals surface area contributed by atoms with E-state index in [1.165, 1.54) is 24.3 Å². The highest BCUT2D eigenvalue weighted by Gasteiger charge is 2.30. The predicted molar refractivity (Wildman–Crippen MR) is 113 cm³/mol. The van der Waals surface area contributed by atoms with Gasteiger partial charge in [-0.2, -0.15) is 13.2 Å². The zero-order chi connectivity index (χ0) is 21.0.